The number of rotatable bonds is 13. The predicted molar refractivity (Wildman–Crippen MR) is 81.5 cm³/mol. The van der Waals surface area contributed by atoms with E-state index in [1.807, 2.05) is 0 Å². The molecule has 1 N–H and O–H groups in total. The van der Waals surface area contributed by atoms with Gasteiger partial charge in [0.2, 0.25) is 0 Å². The van der Waals surface area contributed by atoms with Crippen LogP contribution >= 0.6 is 0 Å². The summed E-state index contributed by atoms with van der Waals surface area (Å²) in [5, 5.41) is 8.68. The molecule has 3 heteroatoms. The van der Waals surface area contributed by atoms with Gasteiger partial charge in [-0.2, -0.15) is 0 Å². The number of nitrogens with zero attached hydrogens (tertiary/aromatic N) is 1. The quantitative estimate of drug-likeness (QED) is 0.404. The zero-order valence-corrected chi connectivity index (χ0v) is 12.8. The molecule has 0 bridgehead atoms. The van der Waals surface area contributed by atoms with E-state index in [1.54, 1.807) is 0 Å². The Labute approximate surface area is 118 Å². The van der Waals surface area contributed by atoms with Crippen LogP contribution in [-0.4, -0.2) is 35.6 Å². The van der Waals surface area contributed by atoms with Gasteiger partial charge in [0.25, 0.3) is 0 Å². The second-order valence-corrected chi connectivity index (χ2v) is 5.27. The van der Waals surface area contributed by atoms with Crippen LogP contribution in [0.3, 0.4) is 0 Å². The molecule has 0 aliphatic carbocycles. The normalized spacial score (nSPS) is 10.9. The predicted octanol–water partition coefficient (Wildman–Crippen LogP) is 4.09. The van der Waals surface area contributed by atoms with Crippen LogP contribution in [0.2, 0.25) is 0 Å². The van der Waals surface area contributed by atoms with Crippen LogP contribution in [0, 0.1) is 0 Å². The first-order valence-corrected chi connectivity index (χ1v) is 7.75. The third-order valence-electron chi connectivity index (χ3n) is 3.34. The van der Waals surface area contributed by atoms with Gasteiger partial charge in [-0.3, -0.25) is 0 Å². The van der Waals surface area contributed by atoms with E-state index in [9.17, 15) is 4.79 Å². The largest absolute Gasteiger partial charge is 0.478 e. The lowest BCUT2D eigenvalue weighted by molar-refractivity contribution is -0.132. The standard InChI is InChI=1S/C16H31NO2/c1-4-12-17(13-5-2)14-10-8-6-7-9-11-15(3)16(18)19/h3-14H2,1-2H3,(H,18,19). The molecular weight excluding hydrogens is 238 g/mol. The molecule has 0 saturated heterocycles. The van der Waals surface area contributed by atoms with E-state index in [0.717, 1.165) is 12.8 Å². The minimum atomic E-state index is -0.852. The number of carboxylic acid groups (broad SMARTS) is 1. The van der Waals surface area contributed by atoms with Crippen LogP contribution in [0.5, 0.6) is 0 Å². The van der Waals surface area contributed by atoms with E-state index >= 15 is 0 Å². The van der Waals surface area contributed by atoms with E-state index in [0.29, 0.717) is 12.0 Å². The van der Waals surface area contributed by atoms with Crippen molar-refractivity contribution in [3.05, 3.63) is 12.2 Å². The molecular formula is C16H31NO2. The number of hydrogen-bond acceptors (Lipinski definition) is 2. The molecule has 0 aliphatic rings. The molecule has 0 fully saturated rings. The topological polar surface area (TPSA) is 40.5 Å². The minimum absolute atomic E-state index is 0.345. The van der Waals surface area contributed by atoms with Gasteiger partial charge >= 0.3 is 5.97 Å². The van der Waals surface area contributed by atoms with E-state index in [2.05, 4.69) is 25.3 Å². The van der Waals surface area contributed by atoms with Gasteiger partial charge in [0.1, 0.15) is 0 Å². The summed E-state index contributed by atoms with van der Waals surface area (Å²) in [6.07, 6.45) is 8.90. The lowest BCUT2D eigenvalue weighted by Gasteiger charge is -2.20. The molecule has 0 spiro atoms. The van der Waals surface area contributed by atoms with E-state index in [-0.39, 0.29) is 0 Å². The van der Waals surface area contributed by atoms with E-state index in [4.69, 9.17) is 5.11 Å². The van der Waals surface area contributed by atoms with E-state index < -0.39 is 5.97 Å². The average molecular weight is 269 g/mol. The van der Waals surface area contributed by atoms with Gasteiger partial charge in [0, 0.05) is 5.57 Å². The fraction of sp³-hybridized carbons (Fsp3) is 0.812. The highest BCUT2D eigenvalue weighted by Crippen LogP contribution is 2.10. The maximum Gasteiger partial charge on any atom is 0.330 e. The van der Waals surface area contributed by atoms with Gasteiger partial charge in [-0.15, -0.1) is 0 Å². The molecule has 112 valence electrons. The van der Waals surface area contributed by atoms with Crippen molar-refractivity contribution in [2.45, 2.75) is 65.2 Å². The Hall–Kier alpha value is -0.830. The van der Waals surface area contributed by atoms with Crippen LogP contribution in [0.1, 0.15) is 65.2 Å². The van der Waals surface area contributed by atoms with Gasteiger partial charge in [0.05, 0.1) is 0 Å². The van der Waals surface area contributed by atoms with Crippen LogP contribution in [0.25, 0.3) is 0 Å². The fourth-order valence-corrected chi connectivity index (χ4v) is 2.28. The molecule has 0 radical (unpaired) electrons. The van der Waals surface area contributed by atoms with Crippen molar-refractivity contribution in [1.29, 1.82) is 0 Å². The second kappa shape index (κ2) is 12.2. The van der Waals surface area contributed by atoms with Crippen molar-refractivity contribution in [3.63, 3.8) is 0 Å². The van der Waals surface area contributed by atoms with Crippen molar-refractivity contribution in [2.24, 2.45) is 0 Å². The fourth-order valence-electron chi connectivity index (χ4n) is 2.28. The molecule has 0 heterocycles. The monoisotopic (exact) mass is 269 g/mol. The van der Waals surface area contributed by atoms with Gasteiger partial charge < -0.3 is 10.0 Å². The molecule has 0 aromatic heterocycles. The summed E-state index contributed by atoms with van der Waals surface area (Å²) in [5.41, 5.74) is 0.345. The van der Waals surface area contributed by atoms with Crippen LogP contribution < -0.4 is 0 Å². The molecule has 0 aromatic carbocycles. The van der Waals surface area contributed by atoms with Crippen molar-refractivity contribution in [2.75, 3.05) is 19.6 Å². The zero-order valence-electron chi connectivity index (χ0n) is 12.8. The Morgan fingerprint density at radius 2 is 1.47 bits per heavy atom. The Balaban J connectivity index is 3.43. The SMILES string of the molecule is C=C(CCCCCCCN(CCC)CCC)C(=O)O. The average Bonchev–Trinajstić information content (AvgIpc) is 2.37. The van der Waals surface area contributed by atoms with Crippen molar-refractivity contribution in [3.8, 4) is 0 Å². The molecule has 0 rings (SSSR count). The van der Waals surface area contributed by atoms with Gasteiger partial charge in [0.15, 0.2) is 0 Å². The lowest BCUT2D eigenvalue weighted by Crippen LogP contribution is -2.26. The lowest BCUT2D eigenvalue weighted by atomic mass is 10.1. The third-order valence-corrected chi connectivity index (χ3v) is 3.34. The molecule has 0 aliphatic heterocycles. The summed E-state index contributed by atoms with van der Waals surface area (Å²) in [5.74, 6) is -0.852. The summed E-state index contributed by atoms with van der Waals surface area (Å²) < 4.78 is 0. The number of carbonyl (C=O) groups is 1. The number of carboxylic acids is 1. The first-order chi connectivity index (χ1) is 9.11. The van der Waals surface area contributed by atoms with Crippen molar-refractivity contribution < 1.29 is 9.90 Å². The molecule has 0 aromatic rings. The molecule has 0 unspecified atom stereocenters. The summed E-state index contributed by atoms with van der Waals surface area (Å²) in [6, 6.07) is 0. The molecule has 0 saturated carbocycles. The Morgan fingerprint density at radius 3 is 2.00 bits per heavy atom. The summed E-state index contributed by atoms with van der Waals surface area (Å²) in [4.78, 5) is 13.1. The summed E-state index contributed by atoms with van der Waals surface area (Å²) in [6.45, 7) is 11.7. The number of hydrogen-bond donors (Lipinski definition) is 1. The highest BCUT2D eigenvalue weighted by atomic mass is 16.4. The maximum absolute atomic E-state index is 10.6. The van der Waals surface area contributed by atoms with Gasteiger partial charge in [-0.1, -0.05) is 39.7 Å². The first kappa shape index (κ1) is 18.2. The Morgan fingerprint density at radius 1 is 0.947 bits per heavy atom. The smallest absolute Gasteiger partial charge is 0.330 e. The van der Waals surface area contributed by atoms with Crippen molar-refractivity contribution in [1.82, 2.24) is 4.90 Å². The summed E-state index contributed by atoms with van der Waals surface area (Å²) in [7, 11) is 0. The molecule has 0 atom stereocenters. The number of unbranched alkanes of at least 4 members (excludes halogenated alkanes) is 4. The van der Waals surface area contributed by atoms with Gasteiger partial charge in [-0.05, 0) is 51.7 Å². The summed E-state index contributed by atoms with van der Waals surface area (Å²) >= 11 is 0. The third kappa shape index (κ3) is 10.8. The molecule has 3 nitrogen and oxygen atoms in total. The highest BCUT2D eigenvalue weighted by Gasteiger charge is 2.03. The molecule has 19 heavy (non-hydrogen) atoms. The number of aliphatic carboxylic acids is 1. The second-order valence-electron chi connectivity index (χ2n) is 5.27. The van der Waals surface area contributed by atoms with Crippen LogP contribution in [0.4, 0.5) is 0 Å². The van der Waals surface area contributed by atoms with E-state index in [1.165, 1.54) is 51.7 Å². The zero-order chi connectivity index (χ0) is 14.5. The van der Waals surface area contributed by atoms with Crippen molar-refractivity contribution >= 4 is 5.97 Å². The minimum Gasteiger partial charge on any atom is -0.478 e. The highest BCUT2D eigenvalue weighted by molar-refractivity contribution is 5.85. The maximum atomic E-state index is 10.6. The van der Waals surface area contributed by atoms with Gasteiger partial charge in [-0.25, -0.2) is 4.79 Å². The van der Waals surface area contributed by atoms with Crippen LogP contribution in [0.15, 0.2) is 12.2 Å². The van der Waals surface area contributed by atoms with Crippen LogP contribution in [-0.2, 0) is 4.79 Å². The first-order valence-electron chi connectivity index (χ1n) is 7.75. The Bertz CT molecular complexity index is 245. The molecule has 0 amide bonds. The Kier molecular flexibility index (Phi) is 11.7.